The van der Waals surface area contributed by atoms with E-state index < -0.39 is 12.5 Å². The highest BCUT2D eigenvalue weighted by Gasteiger charge is 2.27. The first-order valence-corrected chi connectivity index (χ1v) is 9.84. The van der Waals surface area contributed by atoms with Gasteiger partial charge in [0.2, 0.25) is 5.91 Å². The summed E-state index contributed by atoms with van der Waals surface area (Å²) in [6.45, 7) is 3.22. The molecule has 0 unspecified atom stereocenters. The molecule has 0 bridgehead atoms. The molecule has 26 heavy (non-hydrogen) atoms. The second-order valence-corrected chi connectivity index (χ2v) is 8.12. The third-order valence-corrected chi connectivity index (χ3v) is 6.76. The summed E-state index contributed by atoms with van der Waals surface area (Å²) in [6.07, 6.45) is 1.17. The van der Waals surface area contributed by atoms with Crippen LogP contribution >= 0.6 is 27.3 Å². The maximum Gasteiger partial charge on any atom is 0.283 e. The van der Waals surface area contributed by atoms with E-state index in [-0.39, 0.29) is 16.1 Å². The van der Waals surface area contributed by atoms with E-state index in [9.17, 15) is 18.8 Å². The molecule has 0 saturated carbocycles. The monoisotopic (exact) mass is 442 g/mol. The summed E-state index contributed by atoms with van der Waals surface area (Å²) in [5, 5.41) is 16.7. The van der Waals surface area contributed by atoms with Crippen molar-refractivity contribution in [1.82, 2.24) is 9.78 Å². The average Bonchev–Trinajstić information content (AvgIpc) is 3.11. The van der Waals surface area contributed by atoms with E-state index in [4.69, 9.17) is 0 Å². The SMILES string of the molecule is Cc1c(Br)c(C(F)F)nn1[C@@H](C)C(=O)Nc1sc2c(c1C#N)CCCC2. The highest BCUT2D eigenvalue weighted by atomic mass is 79.9. The summed E-state index contributed by atoms with van der Waals surface area (Å²) in [6, 6.07) is 1.41. The van der Waals surface area contributed by atoms with Gasteiger partial charge in [-0.25, -0.2) is 8.78 Å². The van der Waals surface area contributed by atoms with E-state index in [1.54, 1.807) is 13.8 Å². The van der Waals surface area contributed by atoms with E-state index in [2.05, 4.69) is 32.4 Å². The molecular weight excluding hydrogens is 426 g/mol. The predicted molar refractivity (Wildman–Crippen MR) is 98.6 cm³/mol. The molecule has 2 heterocycles. The molecule has 2 aromatic heterocycles. The fourth-order valence-electron chi connectivity index (χ4n) is 3.14. The van der Waals surface area contributed by atoms with Crippen LogP contribution in [0.2, 0.25) is 0 Å². The van der Waals surface area contributed by atoms with Crippen molar-refractivity contribution in [2.45, 2.75) is 52.0 Å². The van der Waals surface area contributed by atoms with E-state index in [1.807, 2.05) is 0 Å². The zero-order chi connectivity index (χ0) is 19.0. The molecule has 1 aliphatic carbocycles. The Morgan fingerprint density at radius 3 is 2.73 bits per heavy atom. The van der Waals surface area contributed by atoms with Gasteiger partial charge in [-0.15, -0.1) is 11.3 Å². The third-order valence-electron chi connectivity index (χ3n) is 4.57. The lowest BCUT2D eigenvalue weighted by Crippen LogP contribution is -2.25. The van der Waals surface area contributed by atoms with Gasteiger partial charge in [0.25, 0.3) is 6.43 Å². The minimum atomic E-state index is -2.73. The van der Waals surface area contributed by atoms with Crippen molar-refractivity contribution in [2.24, 2.45) is 0 Å². The molecular formula is C17H17BrF2N4OS. The number of thiophene rings is 1. The normalized spacial score (nSPS) is 14.8. The number of anilines is 1. The van der Waals surface area contributed by atoms with Gasteiger partial charge in [0, 0.05) is 4.88 Å². The van der Waals surface area contributed by atoms with Crippen LogP contribution in [0.15, 0.2) is 4.47 Å². The average molecular weight is 443 g/mol. The van der Waals surface area contributed by atoms with Crippen molar-refractivity contribution in [3.8, 4) is 6.07 Å². The quantitative estimate of drug-likeness (QED) is 0.731. The smallest absolute Gasteiger partial charge is 0.283 e. The Morgan fingerprint density at radius 2 is 2.12 bits per heavy atom. The Hall–Kier alpha value is -1.79. The number of aryl methyl sites for hydroxylation is 1. The van der Waals surface area contributed by atoms with Gasteiger partial charge < -0.3 is 5.32 Å². The molecule has 0 spiro atoms. The molecule has 0 saturated heterocycles. The zero-order valence-corrected chi connectivity index (χ0v) is 16.7. The molecule has 0 aliphatic heterocycles. The number of carbonyl (C=O) groups excluding carboxylic acids is 1. The Labute approximate surface area is 162 Å². The number of halogens is 3. The first kappa shape index (κ1) is 19.0. The lowest BCUT2D eigenvalue weighted by Gasteiger charge is -2.14. The topological polar surface area (TPSA) is 70.7 Å². The number of carbonyl (C=O) groups is 1. The van der Waals surface area contributed by atoms with Gasteiger partial charge in [0.1, 0.15) is 22.8 Å². The van der Waals surface area contributed by atoms with Gasteiger partial charge in [0.15, 0.2) is 0 Å². The fraction of sp³-hybridized carbons (Fsp3) is 0.471. The van der Waals surface area contributed by atoms with Crippen LogP contribution in [0.5, 0.6) is 0 Å². The van der Waals surface area contributed by atoms with Gasteiger partial charge >= 0.3 is 0 Å². The zero-order valence-electron chi connectivity index (χ0n) is 14.3. The lowest BCUT2D eigenvalue weighted by molar-refractivity contribution is -0.119. The second kappa shape index (κ2) is 7.45. The van der Waals surface area contributed by atoms with Crippen LogP contribution in [0, 0.1) is 18.3 Å². The molecule has 3 rings (SSSR count). The van der Waals surface area contributed by atoms with Crippen LogP contribution in [-0.2, 0) is 17.6 Å². The molecule has 2 aromatic rings. The predicted octanol–water partition coefficient (Wildman–Crippen LogP) is 4.90. The Morgan fingerprint density at radius 1 is 1.42 bits per heavy atom. The first-order valence-electron chi connectivity index (χ1n) is 8.23. The summed E-state index contributed by atoms with van der Waals surface area (Å²) >= 11 is 4.54. The highest BCUT2D eigenvalue weighted by molar-refractivity contribution is 9.10. The summed E-state index contributed by atoms with van der Waals surface area (Å²) in [5.41, 5.74) is 1.63. The minimum Gasteiger partial charge on any atom is -0.315 e. The number of alkyl halides is 2. The highest BCUT2D eigenvalue weighted by Crippen LogP contribution is 2.38. The molecule has 5 nitrogen and oxygen atoms in total. The lowest BCUT2D eigenvalue weighted by atomic mass is 9.96. The molecule has 0 radical (unpaired) electrons. The van der Waals surface area contributed by atoms with Crippen LogP contribution < -0.4 is 5.32 Å². The number of hydrogen-bond acceptors (Lipinski definition) is 4. The fourth-order valence-corrected chi connectivity index (χ4v) is 4.81. The third kappa shape index (κ3) is 3.28. The number of amides is 1. The summed E-state index contributed by atoms with van der Waals surface area (Å²) in [5.74, 6) is -0.390. The number of rotatable bonds is 4. The van der Waals surface area contributed by atoms with Gasteiger partial charge in [-0.05, 0) is 61.0 Å². The van der Waals surface area contributed by atoms with Crippen molar-refractivity contribution in [3.63, 3.8) is 0 Å². The minimum absolute atomic E-state index is 0.205. The van der Waals surface area contributed by atoms with Crippen molar-refractivity contribution in [3.05, 3.63) is 31.9 Å². The first-order chi connectivity index (χ1) is 12.3. The molecule has 1 N–H and O–H groups in total. The van der Waals surface area contributed by atoms with Crippen molar-refractivity contribution in [2.75, 3.05) is 5.32 Å². The van der Waals surface area contributed by atoms with Crippen molar-refractivity contribution >= 4 is 38.2 Å². The van der Waals surface area contributed by atoms with Gasteiger partial charge in [-0.3, -0.25) is 9.48 Å². The maximum absolute atomic E-state index is 13.0. The number of fused-ring (bicyclic) bond motifs is 1. The van der Waals surface area contributed by atoms with Crippen LogP contribution in [0.1, 0.15) is 59.6 Å². The largest absolute Gasteiger partial charge is 0.315 e. The molecule has 1 atom stereocenters. The number of nitriles is 1. The van der Waals surface area contributed by atoms with Crippen LogP contribution in [-0.4, -0.2) is 15.7 Å². The molecule has 0 fully saturated rings. The van der Waals surface area contributed by atoms with Crippen LogP contribution in [0.25, 0.3) is 0 Å². The molecule has 1 amide bonds. The number of hydrogen-bond donors (Lipinski definition) is 1. The van der Waals surface area contributed by atoms with Gasteiger partial charge in [0.05, 0.1) is 15.7 Å². The van der Waals surface area contributed by atoms with Crippen LogP contribution in [0.3, 0.4) is 0 Å². The Bertz CT molecular complexity index is 900. The van der Waals surface area contributed by atoms with Crippen molar-refractivity contribution in [1.29, 1.82) is 5.26 Å². The Kier molecular flexibility index (Phi) is 5.44. The molecule has 0 aromatic carbocycles. The maximum atomic E-state index is 13.0. The second-order valence-electron chi connectivity index (χ2n) is 6.22. The standard InChI is InChI=1S/C17H17BrF2N4OS/c1-8-13(18)14(15(19)20)23-24(8)9(2)16(25)22-17-11(7-21)10-5-3-4-6-12(10)26-17/h9,15H,3-6H2,1-2H3,(H,22,25)/t9-/m0/s1. The van der Waals surface area contributed by atoms with E-state index >= 15 is 0 Å². The summed E-state index contributed by atoms with van der Waals surface area (Å²) < 4.78 is 27.5. The van der Waals surface area contributed by atoms with E-state index in [1.165, 1.54) is 16.0 Å². The molecule has 138 valence electrons. The number of aromatic nitrogens is 2. The summed E-state index contributed by atoms with van der Waals surface area (Å²) in [7, 11) is 0. The Balaban J connectivity index is 1.86. The van der Waals surface area contributed by atoms with Gasteiger partial charge in [-0.2, -0.15) is 10.4 Å². The number of nitrogens with one attached hydrogen (secondary N) is 1. The van der Waals surface area contributed by atoms with Gasteiger partial charge in [-0.1, -0.05) is 0 Å². The summed E-state index contributed by atoms with van der Waals surface area (Å²) in [4.78, 5) is 13.8. The molecule has 9 heteroatoms. The van der Waals surface area contributed by atoms with Crippen LogP contribution in [0.4, 0.5) is 13.8 Å². The number of nitrogens with zero attached hydrogens (tertiary/aromatic N) is 3. The molecule has 1 aliphatic rings. The van der Waals surface area contributed by atoms with Crippen molar-refractivity contribution < 1.29 is 13.6 Å². The van der Waals surface area contributed by atoms with E-state index in [0.29, 0.717) is 16.3 Å². The van der Waals surface area contributed by atoms with E-state index in [0.717, 1.165) is 36.1 Å².